The monoisotopic (exact) mass is 253 g/mol. The molecule has 1 aromatic carbocycles. The maximum absolute atomic E-state index is 11.4. The van der Waals surface area contributed by atoms with E-state index in [4.69, 9.17) is 5.73 Å². The number of benzene rings is 1. The molecule has 0 aliphatic rings. The fourth-order valence-electron chi connectivity index (χ4n) is 1.33. The summed E-state index contributed by atoms with van der Waals surface area (Å²) in [5.74, 6) is -0.629. The number of rotatable bonds is 4. The van der Waals surface area contributed by atoms with Crippen LogP contribution < -0.4 is 5.73 Å². The van der Waals surface area contributed by atoms with Crippen LogP contribution in [0.1, 0.15) is 26.3 Å². The van der Waals surface area contributed by atoms with Crippen LogP contribution in [0.3, 0.4) is 0 Å². The van der Waals surface area contributed by atoms with Crippen LogP contribution in [-0.2, 0) is 10.3 Å². The maximum Gasteiger partial charge on any atom is 0.329 e. The van der Waals surface area contributed by atoms with Crippen molar-refractivity contribution in [3.05, 3.63) is 35.9 Å². The van der Waals surface area contributed by atoms with Crippen molar-refractivity contribution in [3.8, 4) is 0 Å². The zero-order valence-corrected chi connectivity index (χ0v) is 11.3. The van der Waals surface area contributed by atoms with Gasteiger partial charge in [0.15, 0.2) is 0 Å². The molecule has 0 saturated heterocycles. The molecule has 0 fully saturated rings. The first-order valence-electron chi connectivity index (χ1n) is 5.47. The molecule has 3 N–H and O–H groups in total. The van der Waals surface area contributed by atoms with Gasteiger partial charge in [0.2, 0.25) is 0 Å². The highest BCUT2D eigenvalue weighted by Crippen LogP contribution is 2.31. The summed E-state index contributed by atoms with van der Waals surface area (Å²) in [6.07, 6.45) is 0. The molecule has 0 aromatic heterocycles. The number of carbonyl (C=O) groups is 1. The molecule has 17 heavy (non-hydrogen) atoms. The quantitative estimate of drug-likeness (QED) is 0.865. The lowest BCUT2D eigenvalue weighted by atomic mass is 9.93. The molecule has 1 rings (SSSR count). The Bertz CT molecular complexity index is 386. The summed E-state index contributed by atoms with van der Waals surface area (Å²) >= 11 is 1.56. The Kier molecular flexibility index (Phi) is 4.22. The Labute approximate surface area is 106 Å². The fraction of sp³-hybridized carbons (Fsp3) is 0.462. The molecule has 0 heterocycles. The average Bonchev–Trinajstić information content (AvgIpc) is 2.26. The molecule has 1 atom stereocenters. The number of nitrogens with two attached hydrogens (primary N) is 1. The van der Waals surface area contributed by atoms with Gasteiger partial charge in [0, 0.05) is 10.5 Å². The van der Waals surface area contributed by atoms with E-state index in [-0.39, 0.29) is 4.75 Å². The third-order valence-corrected chi connectivity index (χ3v) is 3.87. The van der Waals surface area contributed by atoms with Crippen molar-refractivity contribution >= 4 is 17.7 Å². The van der Waals surface area contributed by atoms with Crippen LogP contribution in [0.2, 0.25) is 0 Å². The van der Waals surface area contributed by atoms with Crippen LogP contribution >= 0.6 is 11.8 Å². The van der Waals surface area contributed by atoms with E-state index >= 15 is 0 Å². The van der Waals surface area contributed by atoms with Crippen LogP contribution in [0, 0.1) is 0 Å². The molecule has 0 aliphatic heterocycles. The maximum atomic E-state index is 11.4. The molecule has 0 saturated carbocycles. The van der Waals surface area contributed by atoms with Crippen molar-refractivity contribution < 1.29 is 9.90 Å². The Morgan fingerprint density at radius 2 is 1.82 bits per heavy atom. The molecule has 3 nitrogen and oxygen atoms in total. The standard InChI is InChI=1S/C13H19NO2S/c1-12(2,3)17-9-13(14,11(15)16)10-7-5-4-6-8-10/h4-8H,9,14H2,1-3H3,(H,15,16). The van der Waals surface area contributed by atoms with Crippen molar-refractivity contribution in [1.29, 1.82) is 0 Å². The summed E-state index contributed by atoms with van der Waals surface area (Å²) in [6.45, 7) is 6.14. The van der Waals surface area contributed by atoms with E-state index < -0.39 is 11.5 Å². The molecular weight excluding hydrogens is 234 g/mol. The summed E-state index contributed by atoms with van der Waals surface area (Å²) in [5.41, 5.74) is 5.37. The van der Waals surface area contributed by atoms with E-state index in [0.717, 1.165) is 0 Å². The second-order valence-corrected chi connectivity index (χ2v) is 6.85. The first kappa shape index (κ1) is 14.1. The summed E-state index contributed by atoms with van der Waals surface area (Å²) in [4.78, 5) is 11.4. The summed E-state index contributed by atoms with van der Waals surface area (Å²) < 4.78 is -0.00511. The number of aliphatic carboxylic acids is 1. The Balaban J connectivity index is 2.95. The molecular formula is C13H19NO2S. The van der Waals surface area contributed by atoms with Crippen LogP contribution in [-0.4, -0.2) is 21.6 Å². The lowest BCUT2D eigenvalue weighted by molar-refractivity contribution is -0.142. The minimum absolute atomic E-state index is 0.00511. The normalized spacial score (nSPS) is 15.3. The third kappa shape index (κ3) is 3.75. The predicted octanol–water partition coefficient (Wildman–Crippen LogP) is 2.46. The van der Waals surface area contributed by atoms with E-state index in [0.29, 0.717) is 11.3 Å². The van der Waals surface area contributed by atoms with E-state index in [1.165, 1.54) is 0 Å². The average molecular weight is 253 g/mol. The van der Waals surface area contributed by atoms with Gasteiger partial charge in [-0.15, -0.1) is 0 Å². The van der Waals surface area contributed by atoms with Gasteiger partial charge in [-0.2, -0.15) is 11.8 Å². The van der Waals surface area contributed by atoms with Gasteiger partial charge in [-0.3, -0.25) is 0 Å². The van der Waals surface area contributed by atoms with E-state index in [2.05, 4.69) is 0 Å². The Morgan fingerprint density at radius 3 is 2.24 bits per heavy atom. The van der Waals surface area contributed by atoms with Crippen molar-refractivity contribution in [3.63, 3.8) is 0 Å². The van der Waals surface area contributed by atoms with Crippen molar-refractivity contribution in [2.45, 2.75) is 31.1 Å². The number of hydrogen-bond donors (Lipinski definition) is 2. The molecule has 1 aromatic rings. The number of carboxylic acids is 1. The van der Waals surface area contributed by atoms with Gasteiger partial charge >= 0.3 is 5.97 Å². The Morgan fingerprint density at radius 1 is 1.29 bits per heavy atom. The lowest BCUT2D eigenvalue weighted by Gasteiger charge is -2.28. The smallest absolute Gasteiger partial charge is 0.329 e. The van der Waals surface area contributed by atoms with Crippen LogP contribution in [0.15, 0.2) is 30.3 Å². The number of carboxylic acid groups (broad SMARTS) is 1. The molecule has 0 amide bonds. The lowest BCUT2D eigenvalue weighted by Crippen LogP contribution is -2.48. The fourth-order valence-corrected chi connectivity index (χ4v) is 2.29. The topological polar surface area (TPSA) is 63.3 Å². The SMILES string of the molecule is CC(C)(C)SCC(N)(C(=O)O)c1ccccc1. The van der Waals surface area contributed by atoms with Gasteiger partial charge in [-0.05, 0) is 5.56 Å². The second-order valence-electron chi connectivity index (χ2n) is 5.04. The minimum atomic E-state index is -1.32. The molecule has 0 spiro atoms. The highest BCUT2D eigenvalue weighted by atomic mass is 32.2. The van der Waals surface area contributed by atoms with E-state index in [1.807, 2.05) is 39.0 Å². The van der Waals surface area contributed by atoms with Gasteiger partial charge < -0.3 is 10.8 Å². The molecule has 0 radical (unpaired) electrons. The van der Waals surface area contributed by atoms with E-state index in [1.54, 1.807) is 23.9 Å². The Hall–Kier alpha value is -1.00. The highest BCUT2D eigenvalue weighted by Gasteiger charge is 2.37. The minimum Gasteiger partial charge on any atom is -0.480 e. The molecule has 1 unspecified atom stereocenters. The highest BCUT2D eigenvalue weighted by molar-refractivity contribution is 8.00. The largest absolute Gasteiger partial charge is 0.480 e. The third-order valence-electron chi connectivity index (χ3n) is 2.40. The van der Waals surface area contributed by atoms with Crippen molar-refractivity contribution in [1.82, 2.24) is 0 Å². The van der Waals surface area contributed by atoms with Crippen LogP contribution in [0.5, 0.6) is 0 Å². The van der Waals surface area contributed by atoms with Crippen molar-refractivity contribution in [2.75, 3.05) is 5.75 Å². The van der Waals surface area contributed by atoms with Gasteiger partial charge in [-0.1, -0.05) is 51.1 Å². The summed E-state index contributed by atoms with van der Waals surface area (Å²) in [7, 11) is 0. The predicted molar refractivity (Wildman–Crippen MR) is 72.2 cm³/mol. The van der Waals surface area contributed by atoms with Gasteiger partial charge in [0.25, 0.3) is 0 Å². The van der Waals surface area contributed by atoms with E-state index in [9.17, 15) is 9.90 Å². The summed E-state index contributed by atoms with van der Waals surface area (Å²) in [5, 5.41) is 9.34. The van der Waals surface area contributed by atoms with Gasteiger partial charge in [-0.25, -0.2) is 4.79 Å². The van der Waals surface area contributed by atoms with Gasteiger partial charge in [0.05, 0.1) is 0 Å². The first-order valence-corrected chi connectivity index (χ1v) is 6.46. The van der Waals surface area contributed by atoms with Crippen molar-refractivity contribution in [2.24, 2.45) is 5.73 Å². The van der Waals surface area contributed by atoms with Crippen LogP contribution in [0.4, 0.5) is 0 Å². The summed E-state index contributed by atoms with van der Waals surface area (Å²) in [6, 6.07) is 8.99. The zero-order valence-electron chi connectivity index (χ0n) is 10.4. The molecule has 94 valence electrons. The first-order chi connectivity index (χ1) is 7.76. The van der Waals surface area contributed by atoms with Gasteiger partial charge in [0.1, 0.15) is 5.54 Å². The number of hydrogen-bond acceptors (Lipinski definition) is 3. The number of thioether (sulfide) groups is 1. The molecule has 4 heteroatoms. The van der Waals surface area contributed by atoms with Crippen LogP contribution in [0.25, 0.3) is 0 Å². The molecule has 0 bridgehead atoms. The zero-order chi connectivity index (χ0) is 13.1. The second kappa shape index (κ2) is 5.10. The molecule has 0 aliphatic carbocycles.